The molecule has 0 radical (unpaired) electrons. The Morgan fingerprint density at radius 3 is 2.61 bits per heavy atom. The molecule has 1 N–H and O–H groups in total. The van der Waals surface area contributed by atoms with Gasteiger partial charge in [0.2, 0.25) is 0 Å². The van der Waals surface area contributed by atoms with Crippen molar-refractivity contribution >= 4 is 33.1 Å². The summed E-state index contributed by atoms with van der Waals surface area (Å²) in [7, 11) is 0. The van der Waals surface area contributed by atoms with E-state index in [1.165, 1.54) is 5.56 Å². The number of thiazole rings is 1. The van der Waals surface area contributed by atoms with Crippen LogP contribution in [0, 0.1) is 13.8 Å². The number of hydrogen-bond acceptors (Lipinski definition) is 5. The summed E-state index contributed by atoms with van der Waals surface area (Å²) >= 11 is 1.63. The Labute approximate surface area is 183 Å². The molecule has 5 nitrogen and oxygen atoms in total. The molecule has 0 atom stereocenters. The molecule has 3 aromatic carbocycles. The van der Waals surface area contributed by atoms with E-state index in [0.29, 0.717) is 11.4 Å². The highest BCUT2D eigenvalue weighted by atomic mass is 32.1. The van der Waals surface area contributed by atoms with Crippen molar-refractivity contribution in [2.45, 2.75) is 13.8 Å². The van der Waals surface area contributed by atoms with Gasteiger partial charge in [0, 0.05) is 22.9 Å². The molecule has 2 aromatic heterocycles. The van der Waals surface area contributed by atoms with Crippen molar-refractivity contribution in [3.63, 3.8) is 0 Å². The summed E-state index contributed by atoms with van der Waals surface area (Å²) in [6.45, 7) is 4.10. The van der Waals surface area contributed by atoms with Gasteiger partial charge in [-0.15, -0.1) is 11.3 Å². The molecule has 0 aliphatic rings. The van der Waals surface area contributed by atoms with Crippen LogP contribution in [0.5, 0.6) is 0 Å². The molecule has 0 fully saturated rings. The number of aryl methyl sites for hydroxylation is 2. The van der Waals surface area contributed by atoms with Crippen LogP contribution in [0.1, 0.15) is 21.6 Å². The summed E-state index contributed by atoms with van der Waals surface area (Å²) in [5.41, 5.74) is 6.10. The first-order valence-electron chi connectivity index (χ1n) is 9.88. The maximum absolute atomic E-state index is 12.7. The van der Waals surface area contributed by atoms with Crippen LogP contribution < -0.4 is 5.32 Å². The molecule has 6 heteroatoms. The van der Waals surface area contributed by atoms with Crippen molar-refractivity contribution in [1.82, 2.24) is 10.1 Å². The Morgan fingerprint density at radius 2 is 1.77 bits per heavy atom. The third-order valence-electron chi connectivity index (χ3n) is 5.20. The SMILES string of the molecule is Cc1ccc(-c2cc(C(=O)Nc3cccc(-c4nc5ccccc5s4)c3)no2)cc1C. The summed E-state index contributed by atoms with van der Waals surface area (Å²) in [5.74, 6) is 0.247. The number of nitrogens with zero attached hydrogens (tertiary/aromatic N) is 2. The average Bonchev–Trinajstić information content (AvgIpc) is 3.43. The first kappa shape index (κ1) is 19.2. The molecular formula is C25H19N3O2S. The van der Waals surface area contributed by atoms with Crippen LogP contribution in [-0.4, -0.2) is 16.0 Å². The van der Waals surface area contributed by atoms with E-state index in [1.54, 1.807) is 17.4 Å². The van der Waals surface area contributed by atoms with Gasteiger partial charge in [0.25, 0.3) is 5.91 Å². The number of anilines is 1. The maximum atomic E-state index is 12.7. The van der Waals surface area contributed by atoms with Crippen LogP contribution in [0.25, 0.3) is 32.1 Å². The number of carbonyl (C=O) groups excluding carboxylic acids is 1. The topological polar surface area (TPSA) is 68.0 Å². The van der Waals surface area contributed by atoms with Crippen LogP contribution >= 0.6 is 11.3 Å². The first-order chi connectivity index (χ1) is 15.1. The predicted molar refractivity (Wildman–Crippen MR) is 124 cm³/mol. The van der Waals surface area contributed by atoms with Gasteiger partial charge in [0.1, 0.15) is 5.01 Å². The first-order valence-corrected chi connectivity index (χ1v) is 10.7. The zero-order chi connectivity index (χ0) is 21.4. The van der Waals surface area contributed by atoms with Gasteiger partial charge in [-0.25, -0.2) is 4.98 Å². The molecule has 0 aliphatic carbocycles. The molecule has 5 rings (SSSR count). The van der Waals surface area contributed by atoms with E-state index in [4.69, 9.17) is 4.52 Å². The van der Waals surface area contributed by atoms with Gasteiger partial charge < -0.3 is 9.84 Å². The number of nitrogens with one attached hydrogen (secondary N) is 1. The molecule has 1 amide bonds. The predicted octanol–water partition coefficient (Wildman–Crippen LogP) is 6.49. The summed E-state index contributed by atoms with van der Waals surface area (Å²) in [4.78, 5) is 17.4. The highest BCUT2D eigenvalue weighted by Crippen LogP contribution is 2.31. The molecule has 0 spiro atoms. The van der Waals surface area contributed by atoms with Crippen LogP contribution in [0.2, 0.25) is 0 Å². The number of rotatable bonds is 4. The van der Waals surface area contributed by atoms with E-state index in [9.17, 15) is 4.79 Å². The molecule has 0 bridgehead atoms. The van der Waals surface area contributed by atoms with E-state index in [1.807, 2.05) is 67.6 Å². The average molecular weight is 426 g/mol. The van der Waals surface area contributed by atoms with Crippen LogP contribution in [0.3, 0.4) is 0 Å². The van der Waals surface area contributed by atoms with Gasteiger partial charge in [-0.2, -0.15) is 0 Å². The van der Waals surface area contributed by atoms with Gasteiger partial charge >= 0.3 is 0 Å². The van der Waals surface area contributed by atoms with E-state index >= 15 is 0 Å². The molecule has 5 aromatic rings. The standard InChI is InChI=1S/C25H19N3O2S/c1-15-10-11-17(12-16(15)2)22-14-21(28-30-22)24(29)26-19-7-5-6-18(13-19)25-27-20-8-3-4-9-23(20)31-25/h3-14H,1-2H3,(H,26,29). The van der Waals surface area contributed by atoms with Crippen LogP contribution in [0.15, 0.2) is 77.3 Å². The van der Waals surface area contributed by atoms with Crippen molar-refractivity contribution in [3.8, 4) is 21.9 Å². The van der Waals surface area contributed by atoms with Crippen LogP contribution in [-0.2, 0) is 0 Å². The molecule has 2 heterocycles. The second kappa shape index (κ2) is 7.81. The lowest BCUT2D eigenvalue weighted by Gasteiger charge is -2.04. The minimum atomic E-state index is -0.319. The van der Waals surface area contributed by atoms with Crippen molar-refractivity contribution in [3.05, 3.63) is 89.6 Å². The molecule has 0 aliphatic heterocycles. The van der Waals surface area contributed by atoms with Crippen molar-refractivity contribution in [2.24, 2.45) is 0 Å². The largest absolute Gasteiger partial charge is 0.355 e. The fraction of sp³-hybridized carbons (Fsp3) is 0.0800. The Balaban J connectivity index is 1.37. The maximum Gasteiger partial charge on any atom is 0.277 e. The quantitative estimate of drug-likeness (QED) is 0.357. The number of aromatic nitrogens is 2. The second-order valence-corrected chi connectivity index (χ2v) is 8.43. The summed E-state index contributed by atoms with van der Waals surface area (Å²) in [5, 5.41) is 7.77. The second-order valence-electron chi connectivity index (χ2n) is 7.40. The molecule has 0 unspecified atom stereocenters. The molecule has 31 heavy (non-hydrogen) atoms. The van der Waals surface area contributed by atoms with E-state index in [2.05, 4.69) is 28.4 Å². The minimum Gasteiger partial charge on any atom is -0.355 e. The van der Waals surface area contributed by atoms with E-state index in [0.717, 1.165) is 31.9 Å². The zero-order valence-electron chi connectivity index (χ0n) is 17.0. The van der Waals surface area contributed by atoms with Gasteiger partial charge in [-0.05, 0) is 55.3 Å². The van der Waals surface area contributed by atoms with E-state index in [-0.39, 0.29) is 11.6 Å². The Bertz CT molecular complexity index is 1380. The number of para-hydroxylation sites is 1. The Morgan fingerprint density at radius 1 is 0.903 bits per heavy atom. The number of carbonyl (C=O) groups is 1. The number of amides is 1. The summed E-state index contributed by atoms with van der Waals surface area (Å²) < 4.78 is 6.54. The lowest BCUT2D eigenvalue weighted by Crippen LogP contribution is -2.12. The number of hydrogen-bond donors (Lipinski definition) is 1. The normalized spacial score (nSPS) is 11.0. The number of fused-ring (bicyclic) bond motifs is 1. The Kier molecular flexibility index (Phi) is 4.84. The summed E-state index contributed by atoms with van der Waals surface area (Å²) in [6, 6.07) is 23.4. The van der Waals surface area contributed by atoms with Gasteiger partial charge in [-0.3, -0.25) is 4.79 Å². The Hall–Kier alpha value is -3.77. The zero-order valence-corrected chi connectivity index (χ0v) is 17.9. The monoisotopic (exact) mass is 425 g/mol. The fourth-order valence-corrected chi connectivity index (χ4v) is 4.30. The van der Waals surface area contributed by atoms with Crippen molar-refractivity contribution in [2.75, 3.05) is 5.32 Å². The number of benzene rings is 3. The van der Waals surface area contributed by atoms with Gasteiger partial charge in [-0.1, -0.05) is 41.6 Å². The van der Waals surface area contributed by atoms with Gasteiger partial charge in [0.05, 0.1) is 10.2 Å². The highest BCUT2D eigenvalue weighted by molar-refractivity contribution is 7.21. The van der Waals surface area contributed by atoms with Crippen LogP contribution in [0.4, 0.5) is 5.69 Å². The fourth-order valence-electron chi connectivity index (χ4n) is 3.33. The molecular weight excluding hydrogens is 406 g/mol. The van der Waals surface area contributed by atoms with Crippen molar-refractivity contribution < 1.29 is 9.32 Å². The van der Waals surface area contributed by atoms with Crippen molar-refractivity contribution in [1.29, 1.82) is 0 Å². The minimum absolute atomic E-state index is 0.235. The molecule has 0 saturated heterocycles. The highest BCUT2D eigenvalue weighted by Gasteiger charge is 2.15. The molecule has 0 saturated carbocycles. The smallest absolute Gasteiger partial charge is 0.277 e. The van der Waals surface area contributed by atoms with E-state index < -0.39 is 0 Å². The third-order valence-corrected chi connectivity index (χ3v) is 6.28. The molecule has 152 valence electrons. The lowest BCUT2D eigenvalue weighted by atomic mass is 10.0. The lowest BCUT2D eigenvalue weighted by molar-refractivity contribution is 0.101. The van der Waals surface area contributed by atoms with Gasteiger partial charge in [0.15, 0.2) is 11.5 Å². The summed E-state index contributed by atoms with van der Waals surface area (Å²) in [6.07, 6.45) is 0. The third kappa shape index (κ3) is 3.85.